The van der Waals surface area contributed by atoms with Crippen LogP contribution in [0.15, 0.2) is 31.2 Å². The Hall–Kier alpha value is -2.91. The van der Waals surface area contributed by atoms with Crippen LogP contribution in [-0.4, -0.2) is 72.1 Å². The van der Waals surface area contributed by atoms with Crippen LogP contribution in [0.2, 0.25) is 0 Å². The van der Waals surface area contributed by atoms with E-state index in [-0.39, 0.29) is 30.4 Å². The zero-order valence-corrected chi connectivity index (χ0v) is 29.2. The van der Waals surface area contributed by atoms with Crippen LogP contribution >= 0.6 is 31.9 Å². The lowest BCUT2D eigenvalue weighted by Gasteiger charge is -2.22. The van der Waals surface area contributed by atoms with Gasteiger partial charge in [0.25, 0.3) is 5.91 Å². The van der Waals surface area contributed by atoms with Gasteiger partial charge in [-0.2, -0.15) is 0 Å². The zero-order chi connectivity index (χ0) is 32.9. The van der Waals surface area contributed by atoms with Crippen LogP contribution in [0.5, 0.6) is 5.75 Å². The van der Waals surface area contributed by atoms with Gasteiger partial charge in [0.05, 0.1) is 15.6 Å². The maximum atomic E-state index is 13.1. The van der Waals surface area contributed by atoms with Crippen molar-refractivity contribution in [3.05, 3.63) is 26.6 Å². The molecule has 0 radical (unpaired) electrons. The Balaban J connectivity index is 1.98. The molecule has 1 heterocycles. The summed E-state index contributed by atoms with van der Waals surface area (Å²) in [6.07, 6.45) is 1.72. The van der Waals surface area contributed by atoms with Crippen LogP contribution < -0.4 is 16.0 Å². The second kappa shape index (κ2) is 17.5. The smallest absolute Gasteiger partial charge is 0.414 e. The van der Waals surface area contributed by atoms with Crippen LogP contribution in [0, 0.1) is 0 Å². The minimum Gasteiger partial charge on any atom is -0.506 e. The number of aromatic hydroxyl groups is 1. The van der Waals surface area contributed by atoms with Crippen molar-refractivity contribution in [3.8, 4) is 5.75 Å². The van der Waals surface area contributed by atoms with E-state index in [0.717, 1.165) is 18.4 Å². The van der Waals surface area contributed by atoms with E-state index in [1.807, 2.05) is 0 Å². The molecule has 2 rings (SSSR count). The van der Waals surface area contributed by atoms with Crippen LogP contribution in [0.4, 0.5) is 9.59 Å². The summed E-state index contributed by atoms with van der Waals surface area (Å²) in [5.41, 5.74) is -0.622. The van der Waals surface area contributed by atoms with Crippen LogP contribution in [-0.2, 0) is 30.3 Å². The Morgan fingerprint density at radius 1 is 0.977 bits per heavy atom. The van der Waals surface area contributed by atoms with E-state index >= 15 is 0 Å². The zero-order valence-electron chi connectivity index (χ0n) is 26.1. The maximum Gasteiger partial charge on any atom is 0.414 e. The van der Waals surface area contributed by atoms with E-state index in [9.17, 15) is 19.5 Å². The number of hydrogen-bond acceptors (Lipinski definition) is 10. The first-order valence-corrected chi connectivity index (χ1v) is 15.9. The number of halogens is 2. The maximum absolute atomic E-state index is 13.1. The van der Waals surface area contributed by atoms with Gasteiger partial charge in [-0.1, -0.05) is 5.16 Å². The molecule has 1 unspecified atom stereocenters. The minimum absolute atomic E-state index is 0.0527. The Morgan fingerprint density at radius 3 is 2.09 bits per heavy atom. The van der Waals surface area contributed by atoms with E-state index in [2.05, 4.69) is 58.0 Å². The van der Waals surface area contributed by atoms with Gasteiger partial charge in [0.15, 0.2) is 0 Å². The van der Waals surface area contributed by atoms with E-state index in [1.165, 1.54) is 0 Å². The molecule has 0 aliphatic carbocycles. The standard InChI is InChI=1S/C29H43Br2N5O8/c1-28(2,3)42-26(39)34-25(35-27(40)43-29(4,5)6)33-13-9-8-12-32-24(38)21(36-44-22-11-7-10-14-41-22)17-18-15-19(30)23(37)20(31)16-18/h15-16,22,37H,7-14,17H2,1-6H3,(H,32,38)(H2,33,34,35,39,40)/b36-21-. The van der Waals surface area contributed by atoms with Crippen molar-refractivity contribution < 1.29 is 38.5 Å². The number of nitrogens with zero attached hydrogens (tertiary/aromatic N) is 2. The molecule has 4 N–H and O–H groups in total. The van der Waals surface area contributed by atoms with Gasteiger partial charge in [0, 0.05) is 25.9 Å². The molecule has 0 spiro atoms. The average Bonchev–Trinajstić information content (AvgIpc) is 2.89. The van der Waals surface area contributed by atoms with Crippen LogP contribution in [0.25, 0.3) is 0 Å². The summed E-state index contributed by atoms with van der Waals surface area (Å²) in [6, 6.07) is 3.40. The second-order valence-corrected chi connectivity index (χ2v) is 13.7. The number of aliphatic imine (C=N–C) groups is 1. The highest BCUT2D eigenvalue weighted by Gasteiger charge is 2.22. The average molecular weight is 749 g/mol. The highest BCUT2D eigenvalue weighted by Crippen LogP contribution is 2.33. The van der Waals surface area contributed by atoms with Gasteiger partial charge in [0.2, 0.25) is 12.2 Å². The number of carbonyl (C=O) groups is 3. The third-order valence-electron chi connectivity index (χ3n) is 5.51. The Bertz CT molecular complexity index is 1150. The topological polar surface area (TPSA) is 169 Å². The first-order chi connectivity index (χ1) is 20.5. The number of benzene rings is 1. The van der Waals surface area contributed by atoms with Gasteiger partial charge in [-0.25, -0.2) is 9.59 Å². The van der Waals surface area contributed by atoms with Crippen molar-refractivity contribution in [1.82, 2.24) is 16.0 Å². The highest BCUT2D eigenvalue weighted by molar-refractivity contribution is 9.11. The van der Waals surface area contributed by atoms with Crippen molar-refractivity contribution in [2.75, 3.05) is 19.7 Å². The molecule has 1 fully saturated rings. The lowest BCUT2D eigenvalue weighted by molar-refractivity contribution is -0.162. The normalized spacial score (nSPS) is 15.5. The van der Waals surface area contributed by atoms with Gasteiger partial charge in [-0.05, 0) is 117 Å². The fraction of sp³-hybridized carbons (Fsp3) is 0.621. The summed E-state index contributed by atoms with van der Waals surface area (Å²) in [6.45, 7) is 11.4. The molecule has 1 aromatic rings. The Labute approximate surface area is 275 Å². The summed E-state index contributed by atoms with van der Waals surface area (Å²) in [4.78, 5) is 47.4. The number of oxime groups is 1. The molecule has 0 bridgehead atoms. The molecule has 13 nitrogen and oxygen atoms in total. The summed E-state index contributed by atoms with van der Waals surface area (Å²) < 4.78 is 17.0. The number of phenols is 1. The van der Waals surface area contributed by atoms with Crippen molar-refractivity contribution >= 4 is 61.6 Å². The minimum atomic E-state index is -0.778. The fourth-order valence-corrected chi connectivity index (χ4v) is 4.91. The van der Waals surface area contributed by atoms with Gasteiger partial charge in [-0.3, -0.25) is 20.4 Å². The number of unbranched alkanes of at least 4 members (excludes halogenated alkanes) is 1. The molecule has 15 heteroatoms. The molecular weight excluding hydrogens is 706 g/mol. The molecule has 3 amide bonds. The van der Waals surface area contributed by atoms with Gasteiger partial charge < -0.3 is 29.5 Å². The lowest BCUT2D eigenvalue weighted by Crippen LogP contribution is -2.47. The number of carbonyl (C=O) groups excluding carboxylic acids is 3. The third-order valence-corrected chi connectivity index (χ3v) is 6.72. The summed E-state index contributed by atoms with van der Waals surface area (Å²) >= 11 is 6.62. The molecule has 1 saturated heterocycles. The molecular formula is C29H43Br2N5O8. The van der Waals surface area contributed by atoms with Crippen molar-refractivity contribution in [2.24, 2.45) is 10.1 Å². The van der Waals surface area contributed by atoms with Crippen molar-refractivity contribution in [3.63, 3.8) is 0 Å². The molecule has 1 aromatic carbocycles. The predicted octanol–water partition coefficient (Wildman–Crippen LogP) is 5.66. The molecule has 0 saturated carbocycles. The summed E-state index contributed by atoms with van der Waals surface area (Å²) in [7, 11) is 0. The van der Waals surface area contributed by atoms with Gasteiger partial charge >= 0.3 is 12.2 Å². The molecule has 1 aliphatic heterocycles. The first-order valence-electron chi connectivity index (χ1n) is 14.4. The number of nitrogens with one attached hydrogen (secondary N) is 3. The number of guanidine groups is 1. The number of ether oxygens (including phenoxy) is 3. The van der Waals surface area contributed by atoms with Crippen LogP contribution in [0.1, 0.15) is 79.2 Å². The van der Waals surface area contributed by atoms with E-state index in [0.29, 0.717) is 41.4 Å². The molecule has 1 atom stereocenters. The number of amides is 3. The number of rotatable bonds is 10. The largest absolute Gasteiger partial charge is 0.506 e. The van der Waals surface area contributed by atoms with Gasteiger partial charge in [-0.15, -0.1) is 0 Å². The Kier molecular flexibility index (Phi) is 14.9. The first kappa shape index (κ1) is 37.3. The molecule has 1 aliphatic rings. The molecule has 246 valence electrons. The highest BCUT2D eigenvalue weighted by atomic mass is 79.9. The van der Waals surface area contributed by atoms with E-state index < -0.39 is 35.6 Å². The number of phenolic OH excluding ortho intramolecular Hbond substituents is 1. The summed E-state index contributed by atoms with van der Waals surface area (Å²) in [5.74, 6) is -0.472. The lowest BCUT2D eigenvalue weighted by atomic mass is 10.1. The second-order valence-electron chi connectivity index (χ2n) is 12.0. The predicted molar refractivity (Wildman–Crippen MR) is 173 cm³/mol. The van der Waals surface area contributed by atoms with Crippen LogP contribution in [0.3, 0.4) is 0 Å². The SMILES string of the molecule is CC(C)(C)OC(=O)NC(=NCCCCNC(=O)/C(Cc1cc(Br)c(O)c(Br)c1)=N\OC1CCCCO1)NC(=O)OC(C)(C)C. The van der Waals surface area contributed by atoms with Gasteiger partial charge in [0.1, 0.15) is 22.7 Å². The quantitative estimate of drug-likeness (QED) is 0.103. The fourth-order valence-electron chi connectivity index (χ4n) is 3.63. The van der Waals surface area contributed by atoms with Crippen molar-refractivity contribution in [2.45, 2.75) is 97.6 Å². The van der Waals surface area contributed by atoms with E-state index in [1.54, 1.807) is 53.7 Å². The van der Waals surface area contributed by atoms with E-state index in [4.69, 9.17) is 19.0 Å². The molecule has 44 heavy (non-hydrogen) atoms. The number of alkyl carbamates (subject to hydrolysis) is 2. The Morgan fingerprint density at radius 2 is 1.57 bits per heavy atom. The van der Waals surface area contributed by atoms with Crippen molar-refractivity contribution in [1.29, 1.82) is 0 Å². The molecule has 0 aromatic heterocycles. The third kappa shape index (κ3) is 15.2. The monoisotopic (exact) mass is 747 g/mol. The number of hydrogen-bond donors (Lipinski definition) is 4. The summed E-state index contributed by atoms with van der Waals surface area (Å²) in [5, 5.41) is 21.9.